The van der Waals surface area contributed by atoms with Crippen molar-refractivity contribution in [2.75, 3.05) is 50.4 Å². The summed E-state index contributed by atoms with van der Waals surface area (Å²) in [5.74, 6) is 0.787. The van der Waals surface area contributed by atoms with Crippen molar-refractivity contribution in [3.8, 4) is 44.3 Å². The van der Waals surface area contributed by atoms with E-state index in [1.165, 1.54) is 29.1 Å². The number of benzene rings is 3. The van der Waals surface area contributed by atoms with Crippen LogP contribution in [0, 0.1) is 46.3 Å². The summed E-state index contributed by atoms with van der Waals surface area (Å²) >= 11 is 1.68. The fraction of sp³-hybridized carbons (Fsp3) is 0.294. The van der Waals surface area contributed by atoms with E-state index in [4.69, 9.17) is 37.4 Å². The zero-order chi connectivity index (χ0) is 80.4. The van der Waals surface area contributed by atoms with Gasteiger partial charge in [-0.05, 0) is 148 Å². The fourth-order valence-electron chi connectivity index (χ4n) is 13.8. The number of nitrogens with zero attached hydrogens (tertiary/aromatic N) is 16. The van der Waals surface area contributed by atoms with Crippen LogP contribution in [0.4, 0.5) is 31.5 Å². The van der Waals surface area contributed by atoms with E-state index in [0.717, 1.165) is 107 Å². The molecule has 0 aliphatic carbocycles. The summed E-state index contributed by atoms with van der Waals surface area (Å²) in [6.07, 6.45) is 8.90. The summed E-state index contributed by atoms with van der Waals surface area (Å²) in [7, 11) is 3.34. The van der Waals surface area contributed by atoms with Gasteiger partial charge in [-0.15, -0.1) is 11.3 Å². The molecular formula is C85H90F2N20O6S. The lowest BCUT2D eigenvalue weighted by atomic mass is 10.0. The number of ether oxygens (including phenoxy) is 2. The number of rotatable bonds is 19. The molecule has 0 unspecified atom stereocenters. The zero-order valence-electron chi connectivity index (χ0n) is 65.0. The van der Waals surface area contributed by atoms with Crippen molar-refractivity contribution in [2.45, 2.75) is 139 Å². The third-order valence-corrected chi connectivity index (χ3v) is 21.2. The van der Waals surface area contributed by atoms with Crippen LogP contribution in [0.15, 0.2) is 146 Å². The maximum absolute atomic E-state index is 13.4. The summed E-state index contributed by atoms with van der Waals surface area (Å²) in [5, 5.41) is 9.10. The first-order valence-electron chi connectivity index (χ1n) is 37.4. The Balaban J connectivity index is 0.000000133. The first-order valence-corrected chi connectivity index (χ1v) is 38.3. The van der Waals surface area contributed by atoms with Crippen molar-refractivity contribution in [3.63, 3.8) is 0 Å². The van der Waals surface area contributed by atoms with Gasteiger partial charge < -0.3 is 52.0 Å². The van der Waals surface area contributed by atoms with Crippen LogP contribution >= 0.6 is 11.3 Å². The van der Waals surface area contributed by atoms with Gasteiger partial charge in [0.15, 0.2) is 0 Å². The summed E-state index contributed by atoms with van der Waals surface area (Å²) in [4.78, 5) is 96.8. The molecule has 13 heterocycles. The lowest BCUT2D eigenvalue weighted by Crippen LogP contribution is -2.28. The molecule has 0 atom stereocenters. The highest BCUT2D eigenvalue weighted by Gasteiger charge is 2.32. The number of aryl methyl sites for hydroxylation is 6. The van der Waals surface area contributed by atoms with Crippen molar-refractivity contribution >= 4 is 57.7 Å². The second-order valence-corrected chi connectivity index (χ2v) is 29.8. The van der Waals surface area contributed by atoms with Crippen LogP contribution in [0.25, 0.3) is 44.3 Å². The Morgan fingerprint density at radius 3 is 1.23 bits per heavy atom. The number of hydrogen-bond acceptors (Lipinski definition) is 21. The minimum atomic E-state index is -0.293. The highest BCUT2D eigenvalue weighted by atomic mass is 32.1. The van der Waals surface area contributed by atoms with Crippen LogP contribution < -0.4 is 22.9 Å². The van der Waals surface area contributed by atoms with E-state index < -0.39 is 0 Å². The number of pyridine rings is 4. The SMILES string of the molecule is CCc1ncc2c(n1)CN(C(=O)Cc1nc(-c3ccc(F)cc3C)ccc1N)C2.COCCn1cc2c(n1)CN(C(=O)Cc1nc(-c3ccc(C)s3)ccc1N)C2.COCCn1cc2c(n1)CN(C(=O)Cc1nc(-c3ccccc3C)ccc1N)C2.Cc1ncc2c(n1)CN(C(=O)Cc1nc(-c3ccc(F)cc3C)ccc1N)C2. The van der Waals surface area contributed by atoms with Gasteiger partial charge in [-0.2, -0.15) is 10.2 Å². The predicted molar refractivity (Wildman–Crippen MR) is 431 cm³/mol. The average Bonchev–Trinajstić information content (AvgIpc) is 1.39. The van der Waals surface area contributed by atoms with E-state index in [0.29, 0.717) is 141 Å². The van der Waals surface area contributed by atoms with E-state index in [-0.39, 0.29) is 60.9 Å². The lowest BCUT2D eigenvalue weighted by Gasteiger charge is -2.17. The van der Waals surface area contributed by atoms with Crippen molar-refractivity contribution in [1.29, 1.82) is 0 Å². The second kappa shape index (κ2) is 35.4. The van der Waals surface area contributed by atoms with Gasteiger partial charge >= 0.3 is 0 Å². The number of nitrogens with two attached hydrogens (primary N) is 4. The van der Waals surface area contributed by atoms with Crippen molar-refractivity contribution in [2.24, 2.45) is 0 Å². The van der Waals surface area contributed by atoms with Crippen LogP contribution in [0.1, 0.15) is 108 Å². The van der Waals surface area contributed by atoms with Gasteiger partial charge in [0.25, 0.3) is 0 Å². The Bertz CT molecular complexity index is 5540. The van der Waals surface area contributed by atoms with E-state index in [2.05, 4.69) is 58.1 Å². The number of nitrogen functional groups attached to an aromatic ring is 4. The lowest BCUT2D eigenvalue weighted by molar-refractivity contribution is -0.132. The molecule has 4 aliphatic rings. The van der Waals surface area contributed by atoms with Gasteiger partial charge in [-0.3, -0.25) is 43.5 Å². The molecule has 29 heteroatoms. The summed E-state index contributed by atoms with van der Waals surface area (Å²) < 4.78 is 40.7. The third kappa shape index (κ3) is 18.9. The van der Waals surface area contributed by atoms with E-state index >= 15 is 0 Å². The summed E-state index contributed by atoms with van der Waals surface area (Å²) in [5.41, 5.74) is 44.9. The van der Waals surface area contributed by atoms with Gasteiger partial charge in [0.05, 0.1) is 174 Å². The van der Waals surface area contributed by atoms with E-state index in [9.17, 15) is 28.0 Å². The van der Waals surface area contributed by atoms with Crippen LogP contribution in [0.5, 0.6) is 0 Å². The molecule has 3 aromatic carbocycles. The van der Waals surface area contributed by atoms with Crippen LogP contribution in [-0.2, 0) is 126 Å². The van der Waals surface area contributed by atoms with Crippen LogP contribution in [-0.4, -0.2) is 130 Å². The molecule has 0 spiro atoms. The quantitative estimate of drug-likeness (QED) is 0.0584. The van der Waals surface area contributed by atoms with Crippen molar-refractivity contribution < 1.29 is 37.4 Å². The van der Waals surface area contributed by atoms with Gasteiger partial charge in [-0.1, -0.05) is 31.2 Å². The second-order valence-electron chi connectivity index (χ2n) is 28.5. The van der Waals surface area contributed by atoms with Crippen LogP contribution in [0.2, 0.25) is 0 Å². The number of carbonyl (C=O) groups excluding carboxylic acids is 4. The van der Waals surface area contributed by atoms with Crippen molar-refractivity contribution in [3.05, 3.63) is 259 Å². The van der Waals surface area contributed by atoms with E-state index in [1.807, 2.05) is 111 Å². The fourth-order valence-corrected chi connectivity index (χ4v) is 14.7. The maximum Gasteiger partial charge on any atom is 0.229 e. The maximum atomic E-state index is 13.4. The number of aromatic nitrogens is 12. The molecule has 0 fully saturated rings. The molecule has 0 saturated carbocycles. The monoisotopic (exact) mass is 1560 g/mol. The molecule has 0 radical (unpaired) electrons. The Kier molecular flexibility index (Phi) is 24.7. The minimum absolute atomic E-state index is 0.00701. The van der Waals surface area contributed by atoms with Gasteiger partial charge in [0, 0.05) is 115 Å². The van der Waals surface area contributed by atoms with Crippen molar-refractivity contribution in [1.82, 2.24) is 79.0 Å². The first-order chi connectivity index (χ1) is 54.9. The number of hydrogen-bond donors (Lipinski definition) is 4. The number of anilines is 4. The highest BCUT2D eigenvalue weighted by molar-refractivity contribution is 7.15. The van der Waals surface area contributed by atoms with E-state index in [1.54, 1.807) is 93.9 Å². The number of fused-ring (bicyclic) bond motifs is 4. The largest absolute Gasteiger partial charge is 0.397 e. The highest BCUT2D eigenvalue weighted by Crippen LogP contribution is 2.33. The molecule has 26 nitrogen and oxygen atoms in total. The molecule has 8 N–H and O–H groups in total. The first kappa shape index (κ1) is 79.5. The third-order valence-electron chi connectivity index (χ3n) is 20.2. The Morgan fingerprint density at radius 2 is 0.825 bits per heavy atom. The normalized spacial score (nSPS) is 13.0. The number of methoxy groups -OCH3 is 2. The average molecular weight is 1560 g/mol. The summed E-state index contributed by atoms with van der Waals surface area (Å²) in [6.45, 7) is 18.4. The minimum Gasteiger partial charge on any atom is -0.397 e. The number of carbonyl (C=O) groups is 4. The number of thiophene rings is 1. The predicted octanol–water partition coefficient (Wildman–Crippen LogP) is 11.4. The topological polar surface area (TPSA) is 343 Å². The Morgan fingerprint density at radius 1 is 0.430 bits per heavy atom. The number of halogens is 2. The molecule has 0 bridgehead atoms. The smallest absolute Gasteiger partial charge is 0.229 e. The molecule has 16 rings (SSSR count). The molecule has 12 aromatic rings. The standard InChI is InChI=1S/C22H22FN5O.C22H25N5O2.C21H20FN5O.C20H23N5O2S/c1-3-21-25-10-14-11-28(12-20(14)27-21)22(29)9-19-17(24)6-7-18(26-19)16-5-4-15(23)8-13(16)2;1-15-5-3-4-6-17(15)19-8-7-18(23)20(24-19)11-22(28)26-12-16-13-27(9-10-29-2)25-21(16)14-26;1-12-7-15(22)3-4-16(12)18-6-5-17(23)19(26-18)8-21(28)27-10-14-9-24-13(2)25-20(14)11-27;1-13-3-6-19(28-13)16-5-4-15(21)17(22-16)9-20(26)24-10-14-11-25(7-8-27-2)23-18(14)12-24/h4-8,10H,3,9,11-12,24H2,1-2H3;3-8,13H,9-12,14,23H2,1-2H3;3-7,9H,8,10-11,23H2,1-2H3;3-6,11H,7-10,12,21H2,1-2H3. The molecule has 9 aromatic heterocycles. The Labute approximate surface area is 663 Å². The van der Waals surface area contributed by atoms with Gasteiger partial charge in [-0.25, -0.2) is 33.7 Å². The Hall–Kier alpha value is -12.6. The summed E-state index contributed by atoms with van der Waals surface area (Å²) in [6, 6.07) is 35.8. The number of amides is 4. The molecule has 4 amide bonds. The van der Waals surface area contributed by atoms with Crippen LogP contribution in [0.3, 0.4) is 0 Å². The molecule has 114 heavy (non-hydrogen) atoms. The molecule has 4 aliphatic heterocycles. The zero-order valence-corrected chi connectivity index (χ0v) is 65.8. The van der Waals surface area contributed by atoms with Gasteiger partial charge in [0.2, 0.25) is 23.6 Å². The molecule has 586 valence electrons. The molecular weight excluding hydrogens is 1470 g/mol. The molecule has 0 saturated heterocycles. The van der Waals surface area contributed by atoms with Gasteiger partial charge in [0.1, 0.15) is 23.3 Å².